The van der Waals surface area contributed by atoms with Crippen LogP contribution in [0.1, 0.15) is 46.5 Å². The minimum absolute atomic E-state index is 0.0536. The molecule has 6 nitrogen and oxygen atoms in total. The molecule has 3 N–H and O–H groups in total. The van der Waals surface area contributed by atoms with Crippen LogP contribution >= 0.6 is 0 Å². The Kier molecular flexibility index (Phi) is 5.97. The molecule has 0 spiro atoms. The van der Waals surface area contributed by atoms with Crippen molar-refractivity contribution in [1.29, 1.82) is 0 Å². The summed E-state index contributed by atoms with van der Waals surface area (Å²) in [6.07, 6.45) is 2.24. The maximum absolute atomic E-state index is 11.9. The topological polar surface area (TPSA) is 92.5 Å². The summed E-state index contributed by atoms with van der Waals surface area (Å²) in [7, 11) is -3.11. The van der Waals surface area contributed by atoms with E-state index >= 15 is 0 Å². The number of rotatable bonds is 6. The maximum atomic E-state index is 11.9. The molecule has 1 aliphatic heterocycles. The Balaban J connectivity index is 2.41. The molecule has 0 atom stereocenters. The SMILES string of the molecule is CCCS(=O)(=O)N1CCC(NC(=O)CC(C)(C)N)CC1. The number of carbonyl (C=O) groups excluding carboxylic acids is 1. The molecular weight excluding hydrogens is 278 g/mol. The fourth-order valence-electron chi connectivity index (χ4n) is 2.36. The van der Waals surface area contributed by atoms with Crippen molar-refractivity contribution in [3.63, 3.8) is 0 Å². The molecule has 1 rings (SSSR count). The molecule has 1 fully saturated rings. The first kappa shape index (κ1) is 17.4. The van der Waals surface area contributed by atoms with E-state index in [2.05, 4.69) is 5.32 Å². The normalized spacial score (nSPS) is 19.0. The van der Waals surface area contributed by atoms with Crippen LogP contribution in [0.3, 0.4) is 0 Å². The molecule has 1 saturated heterocycles. The second kappa shape index (κ2) is 6.87. The van der Waals surface area contributed by atoms with Crippen molar-refractivity contribution in [2.75, 3.05) is 18.8 Å². The van der Waals surface area contributed by atoms with E-state index in [0.717, 1.165) is 0 Å². The van der Waals surface area contributed by atoms with E-state index in [4.69, 9.17) is 5.73 Å². The van der Waals surface area contributed by atoms with E-state index in [1.54, 1.807) is 0 Å². The molecule has 0 aromatic heterocycles. The Morgan fingerprint density at radius 3 is 2.35 bits per heavy atom. The first-order valence-corrected chi connectivity index (χ1v) is 8.81. The quantitative estimate of drug-likeness (QED) is 0.744. The Labute approximate surface area is 122 Å². The van der Waals surface area contributed by atoms with Crippen LogP contribution in [0.4, 0.5) is 0 Å². The lowest BCUT2D eigenvalue weighted by atomic mass is 10.0. The molecule has 0 bridgehead atoms. The number of hydrogen-bond acceptors (Lipinski definition) is 4. The molecule has 0 saturated carbocycles. The van der Waals surface area contributed by atoms with Crippen molar-refractivity contribution in [3.8, 4) is 0 Å². The molecule has 0 aromatic carbocycles. The van der Waals surface area contributed by atoms with Gasteiger partial charge in [0.2, 0.25) is 15.9 Å². The Morgan fingerprint density at radius 2 is 1.90 bits per heavy atom. The third kappa shape index (κ3) is 5.76. The summed E-state index contributed by atoms with van der Waals surface area (Å²) in [6, 6.07) is 0.0536. The number of nitrogens with zero attached hydrogens (tertiary/aromatic N) is 1. The first-order valence-electron chi connectivity index (χ1n) is 7.20. The van der Waals surface area contributed by atoms with Crippen LogP contribution in [0.25, 0.3) is 0 Å². The van der Waals surface area contributed by atoms with Gasteiger partial charge in [-0.3, -0.25) is 4.79 Å². The molecule has 7 heteroatoms. The van der Waals surface area contributed by atoms with Crippen molar-refractivity contribution in [1.82, 2.24) is 9.62 Å². The van der Waals surface area contributed by atoms with Crippen LogP contribution in [-0.2, 0) is 14.8 Å². The van der Waals surface area contributed by atoms with Gasteiger partial charge in [0.1, 0.15) is 0 Å². The molecule has 0 aliphatic carbocycles. The maximum Gasteiger partial charge on any atom is 0.222 e. The molecule has 0 unspecified atom stereocenters. The first-order chi connectivity index (χ1) is 9.14. The highest BCUT2D eigenvalue weighted by molar-refractivity contribution is 7.89. The van der Waals surface area contributed by atoms with Crippen molar-refractivity contribution >= 4 is 15.9 Å². The monoisotopic (exact) mass is 305 g/mol. The van der Waals surface area contributed by atoms with Gasteiger partial charge in [0.25, 0.3) is 0 Å². The van der Waals surface area contributed by atoms with Crippen LogP contribution in [-0.4, -0.2) is 49.1 Å². The van der Waals surface area contributed by atoms with Gasteiger partial charge in [-0.1, -0.05) is 6.92 Å². The fraction of sp³-hybridized carbons (Fsp3) is 0.923. The minimum Gasteiger partial charge on any atom is -0.353 e. The van der Waals surface area contributed by atoms with Crippen molar-refractivity contribution in [3.05, 3.63) is 0 Å². The predicted molar refractivity (Wildman–Crippen MR) is 79.7 cm³/mol. The van der Waals surface area contributed by atoms with Crippen LogP contribution in [0.5, 0.6) is 0 Å². The van der Waals surface area contributed by atoms with Gasteiger partial charge in [0, 0.05) is 31.1 Å². The lowest BCUT2D eigenvalue weighted by Crippen LogP contribution is -2.48. The third-order valence-corrected chi connectivity index (χ3v) is 5.37. The molecule has 118 valence electrons. The number of sulfonamides is 1. The molecule has 0 radical (unpaired) electrons. The summed E-state index contributed by atoms with van der Waals surface area (Å²) >= 11 is 0. The second-order valence-electron chi connectivity index (χ2n) is 6.22. The van der Waals surface area contributed by atoms with E-state index in [1.807, 2.05) is 20.8 Å². The summed E-state index contributed by atoms with van der Waals surface area (Å²) in [6.45, 7) is 6.46. The van der Waals surface area contributed by atoms with Gasteiger partial charge < -0.3 is 11.1 Å². The molecule has 1 heterocycles. The smallest absolute Gasteiger partial charge is 0.222 e. The van der Waals surface area contributed by atoms with Gasteiger partial charge in [0.15, 0.2) is 0 Å². The van der Waals surface area contributed by atoms with Gasteiger partial charge in [-0.05, 0) is 33.1 Å². The summed E-state index contributed by atoms with van der Waals surface area (Å²) in [4.78, 5) is 11.8. The fourth-order valence-corrected chi connectivity index (χ4v) is 3.90. The molecule has 1 amide bonds. The highest BCUT2D eigenvalue weighted by atomic mass is 32.2. The second-order valence-corrected chi connectivity index (χ2v) is 8.31. The van der Waals surface area contributed by atoms with E-state index in [9.17, 15) is 13.2 Å². The predicted octanol–water partition coefficient (Wildman–Crippen LogP) is 0.434. The zero-order valence-electron chi connectivity index (χ0n) is 12.7. The van der Waals surface area contributed by atoms with Crippen LogP contribution in [0.2, 0.25) is 0 Å². The summed E-state index contributed by atoms with van der Waals surface area (Å²) < 4.78 is 25.4. The lowest BCUT2D eigenvalue weighted by molar-refractivity contribution is -0.122. The summed E-state index contributed by atoms with van der Waals surface area (Å²) in [5.41, 5.74) is 5.29. The molecule has 20 heavy (non-hydrogen) atoms. The summed E-state index contributed by atoms with van der Waals surface area (Å²) in [5.74, 6) is 0.137. The average molecular weight is 305 g/mol. The largest absolute Gasteiger partial charge is 0.353 e. The third-order valence-electron chi connectivity index (χ3n) is 3.29. The number of nitrogens with one attached hydrogen (secondary N) is 1. The van der Waals surface area contributed by atoms with E-state index in [0.29, 0.717) is 32.4 Å². The van der Waals surface area contributed by atoms with Gasteiger partial charge in [-0.25, -0.2) is 12.7 Å². The van der Waals surface area contributed by atoms with Gasteiger partial charge in [-0.15, -0.1) is 0 Å². The number of carbonyl (C=O) groups is 1. The molecule has 0 aromatic rings. The minimum atomic E-state index is -3.11. The van der Waals surface area contributed by atoms with Gasteiger partial charge >= 0.3 is 0 Å². The number of piperidine rings is 1. The zero-order chi connectivity index (χ0) is 15.4. The summed E-state index contributed by atoms with van der Waals surface area (Å²) in [5, 5.41) is 2.94. The number of amides is 1. The van der Waals surface area contributed by atoms with Crippen LogP contribution < -0.4 is 11.1 Å². The standard InChI is InChI=1S/C13H27N3O3S/c1-4-9-20(18,19)16-7-5-11(6-8-16)15-12(17)10-13(2,3)14/h11H,4-10,14H2,1-3H3,(H,15,17). The van der Waals surface area contributed by atoms with Gasteiger partial charge in [-0.2, -0.15) is 0 Å². The molecule has 1 aliphatic rings. The van der Waals surface area contributed by atoms with Crippen LogP contribution in [0.15, 0.2) is 0 Å². The Morgan fingerprint density at radius 1 is 1.35 bits per heavy atom. The van der Waals surface area contributed by atoms with Crippen molar-refractivity contribution < 1.29 is 13.2 Å². The zero-order valence-corrected chi connectivity index (χ0v) is 13.5. The highest BCUT2D eigenvalue weighted by Crippen LogP contribution is 2.15. The number of nitrogens with two attached hydrogens (primary N) is 1. The van der Waals surface area contributed by atoms with E-state index < -0.39 is 15.6 Å². The lowest BCUT2D eigenvalue weighted by Gasteiger charge is -2.32. The van der Waals surface area contributed by atoms with E-state index in [-0.39, 0.29) is 24.1 Å². The van der Waals surface area contributed by atoms with Crippen molar-refractivity contribution in [2.45, 2.75) is 58.0 Å². The van der Waals surface area contributed by atoms with Gasteiger partial charge in [0.05, 0.1) is 5.75 Å². The van der Waals surface area contributed by atoms with Crippen LogP contribution in [0, 0.1) is 0 Å². The highest BCUT2D eigenvalue weighted by Gasteiger charge is 2.28. The van der Waals surface area contributed by atoms with Crippen molar-refractivity contribution in [2.24, 2.45) is 5.73 Å². The number of hydrogen-bond donors (Lipinski definition) is 2. The van der Waals surface area contributed by atoms with E-state index in [1.165, 1.54) is 4.31 Å². The molecular formula is C13H27N3O3S. The Bertz CT molecular complexity index is 421. The Hall–Kier alpha value is -0.660. The average Bonchev–Trinajstić information content (AvgIpc) is 2.26.